The lowest BCUT2D eigenvalue weighted by Gasteiger charge is -2.29. The van der Waals surface area contributed by atoms with Gasteiger partial charge in [-0.25, -0.2) is 9.97 Å². The normalized spacial score (nSPS) is 22.6. The number of aliphatic hydroxyl groups excluding tert-OH is 1. The third-order valence-electron chi connectivity index (χ3n) is 3.90. The van der Waals surface area contributed by atoms with E-state index in [1.54, 1.807) is 0 Å². The lowest BCUT2D eigenvalue weighted by molar-refractivity contribution is 0.116. The molecule has 5 heteroatoms. The van der Waals surface area contributed by atoms with E-state index in [1.165, 1.54) is 6.42 Å². The van der Waals surface area contributed by atoms with Gasteiger partial charge in [0, 0.05) is 18.5 Å². The summed E-state index contributed by atoms with van der Waals surface area (Å²) in [5.74, 6) is 2.59. The van der Waals surface area contributed by atoms with Crippen molar-refractivity contribution in [3.8, 4) is 0 Å². The van der Waals surface area contributed by atoms with E-state index in [0.29, 0.717) is 0 Å². The second-order valence-corrected chi connectivity index (χ2v) is 5.45. The maximum absolute atomic E-state index is 10.1. The molecule has 1 aromatic heterocycles. The van der Waals surface area contributed by atoms with Crippen LogP contribution in [0.5, 0.6) is 0 Å². The molecule has 20 heavy (non-hydrogen) atoms. The van der Waals surface area contributed by atoms with E-state index in [9.17, 15) is 5.11 Å². The minimum absolute atomic E-state index is 0.108. The third kappa shape index (κ3) is 3.39. The Balaban J connectivity index is 2.22. The van der Waals surface area contributed by atoms with E-state index in [4.69, 9.17) is 0 Å². The van der Waals surface area contributed by atoms with Crippen LogP contribution in [0.4, 0.5) is 11.6 Å². The fourth-order valence-corrected chi connectivity index (χ4v) is 2.66. The van der Waals surface area contributed by atoms with Crippen molar-refractivity contribution in [2.75, 3.05) is 17.2 Å². The molecule has 1 fully saturated rings. The van der Waals surface area contributed by atoms with Crippen molar-refractivity contribution in [2.45, 2.75) is 65.0 Å². The molecule has 2 unspecified atom stereocenters. The topological polar surface area (TPSA) is 70.1 Å². The molecule has 0 saturated heterocycles. The Morgan fingerprint density at radius 3 is 2.50 bits per heavy atom. The van der Waals surface area contributed by atoms with Crippen molar-refractivity contribution < 1.29 is 5.11 Å². The minimum atomic E-state index is -0.272. The first kappa shape index (κ1) is 15.0. The van der Waals surface area contributed by atoms with Crippen molar-refractivity contribution in [1.82, 2.24) is 9.97 Å². The van der Waals surface area contributed by atoms with Crippen LogP contribution in [0.2, 0.25) is 0 Å². The molecule has 1 saturated carbocycles. The highest BCUT2D eigenvalue weighted by atomic mass is 16.3. The Kier molecular flexibility index (Phi) is 5.17. The molecule has 1 aliphatic carbocycles. The fourth-order valence-electron chi connectivity index (χ4n) is 2.66. The number of anilines is 2. The second kappa shape index (κ2) is 6.88. The summed E-state index contributed by atoms with van der Waals surface area (Å²) in [7, 11) is 0. The van der Waals surface area contributed by atoms with E-state index in [0.717, 1.165) is 55.3 Å². The molecule has 0 amide bonds. The van der Waals surface area contributed by atoms with Crippen molar-refractivity contribution in [1.29, 1.82) is 0 Å². The zero-order chi connectivity index (χ0) is 14.5. The molecule has 2 rings (SSSR count). The molecule has 1 aliphatic rings. The predicted molar refractivity (Wildman–Crippen MR) is 82.2 cm³/mol. The van der Waals surface area contributed by atoms with Crippen LogP contribution in [0.15, 0.2) is 0 Å². The van der Waals surface area contributed by atoms with Gasteiger partial charge in [0.25, 0.3) is 0 Å². The van der Waals surface area contributed by atoms with Crippen LogP contribution in [0.25, 0.3) is 0 Å². The average molecular weight is 278 g/mol. The molecule has 5 nitrogen and oxygen atoms in total. The molecule has 0 bridgehead atoms. The summed E-state index contributed by atoms with van der Waals surface area (Å²) in [5.41, 5.74) is 1.03. The largest absolute Gasteiger partial charge is 0.391 e. The van der Waals surface area contributed by atoms with E-state index >= 15 is 0 Å². The van der Waals surface area contributed by atoms with Gasteiger partial charge in [0.2, 0.25) is 0 Å². The van der Waals surface area contributed by atoms with E-state index in [1.807, 2.05) is 6.92 Å². The van der Waals surface area contributed by atoms with E-state index in [2.05, 4.69) is 34.4 Å². The van der Waals surface area contributed by atoms with Gasteiger partial charge < -0.3 is 15.7 Å². The van der Waals surface area contributed by atoms with Crippen LogP contribution < -0.4 is 10.6 Å². The van der Waals surface area contributed by atoms with Crippen LogP contribution in [-0.2, 0) is 6.42 Å². The second-order valence-electron chi connectivity index (χ2n) is 5.45. The summed E-state index contributed by atoms with van der Waals surface area (Å²) in [6.45, 7) is 6.98. The molecule has 3 N–H and O–H groups in total. The van der Waals surface area contributed by atoms with Gasteiger partial charge in [-0.15, -0.1) is 0 Å². The van der Waals surface area contributed by atoms with Gasteiger partial charge >= 0.3 is 0 Å². The van der Waals surface area contributed by atoms with Crippen molar-refractivity contribution >= 4 is 11.6 Å². The number of hydrogen-bond acceptors (Lipinski definition) is 5. The summed E-state index contributed by atoms with van der Waals surface area (Å²) < 4.78 is 0. The first-order valence-corrected chi connectivity index (χ1v) is 7.71. The van der Waals surface area contributed by atoms with Crippen LogP contribution in [-0.4, -0.2) is 33.8 Å². The van der Waals surface area contributed by atoms with Gasteiger partial charge in [-0.2, -0.15) is 0 Å². The highest BCUT2D eigenvalue weighted by molar-refractivity contribution is 5.57. The van der Waals surface area contributed by atoms with E-state index in [-0.39, 0.29) is 12.1 Å². The van der Waals surface area contributed by atoms with Crippen LogP contribution in [0.3, 0.4) is 0 Å². The Morgan fingerprint density at radius 1 is 1.15 bits per heavy atom. The van der Waals surface area contributed by atoms with Crippen LogP contribution in [0, 0.1) is 6.92 Å². The van der Waals surface area contributed by atoms with Gasteiger partial charge in [-0.05, 0) is 26.7 Å². The summed E-state index contributed by atoms with van der Waals surface area (Å²) >= 11 is 0. The number of rotatable bonds is 5. The first-order chi connectivity index (χ1) is 9.65. The smallest absolute Gasteiger partial charge is 0.135 e. The molecule has 0 aromatic carbocycles. The standard InChI is InChI=1S/C15H26N4O/c1-4-13-18-14(16-5-2)10(3)15(19-13)17-11-8-6-7-9-12(11)20/h11-12,20H,4-9H2,1-3H3,(H2,16,17,18,19). The van der Waals surface area contributed by atoms with E-state index < -0.39 is 0 Å². The molecule has 0 radical (unpaired) electrons. The third-order valence-corrected chi connectivity index (χ3v) is 3.90. The van der Waals surface area contributed by atoms with Crippen molar-refractivity contribution in [3.05, 3.63) is 11.4 Å². The van der Waals surface area contributed by atoms with Crippen LogP contribution in [0.1, 0.15) is 50.9 Å². The number of aryl methyl sites for hydroxylation is 1. The van der Waals surface area contributed by atoms with Gasteiger partial charge in [-0.1, -0.05) is 19.8 Å². The number of hydrogen-bond donors (Lipinski definition) is 3. The van der Waals surface area contributed by atoms with Crippen molar-refractivity contribution in [3.63, 3.8) is 0 Å². The quantitative estimate of drug-likeness (QED) is 0.772. The van der Waals surface area contributed by atoms with Gasteiger partial charge in [0.05, 0.1) is 12.1 Å². The van der Waals surface area contributed by atoms with Gasteiger partial charge in [-0.3, -0.25) is 0 Å². The molecular formula is C15H26N4O. The zero-order valence-electron chi connectivity index (χ0n) is 12.7. The van der Waals surface area contributed by atoms with Gasteiger partial charge in [0.15, 0.2) is 0 Å². The predicted octanol–water partition coefficient (Wildman–Crippen LogP) is 2.49. The lowest BCUT2D eigenvalue weighted by Crippen LogP contribution is -2.37. The van der Waals surface area contributed by atoms with Gasteiger partial charge in [0.1, 0.15) is 17.5 Å². The molecule has 1 aromatic rings. The van der Waals surface area contributed by atoms with Crippen molar-refractivity contribution in [2.24, 2.45) is 0 Å². The maximum Gasteiger partial charge on any atom is 0.135 e. The summed E-state index contributed by atoms with van der Waals surface area (Å²) in [5, 5.41) is 16.8. The monoisotopic (exact) mass is 278 g/mol. The Labute approximate surface area is 121 Å². The average Bonchev–Trinajstić information content (AvgIpc) is 2.45. The highest BCUT2D eigenvalue weighted by Crippen LogP contribution is 2.25. The Hall–Kier alpha value is -1.36. The van der Waals surface area contributed by atoms with Crippen LogP contribution >= 0.6 is 0 Å². The first-order valence-electron chi connectivity index (χ1n) is 7.71. The summed E-state index contributed by atoms with van der Waals surface area (Å²) in [6.07, 6.45) is 4.70. The fraction of sp³-hybridized carbons (Fsp3) is 0.733. The number of nitrogens with one attached hydrogen (secondary N) is 2. The molecule has 112 valence electrons. The lowest BCUT2D eigenvalue weighted by atomic mass is 9.92. The number of aliphatic hydroxyl groups is 1. The SMILES string of the molecule is CCNc1nc(CC)nc(NC2CCCCC2O)c1C. The Bertz CT molecular complexity index is 450. The Morgan fingerprint density at radius 2 is 1.85 bits per heavy atom. The molecule has 0 aliphatic heterocycles. The zero-order valence-corrected chi connectivity index (χ0v) is 12.7. The summed E-state index contributed by atoms with van der Waals surface area (Å²) in [6, 6.07) is 0.108. The summed E-state index contributed by atoms with van der Waals surface area (Å²) in [4.78, 5) is 9.12. The molecule has 1 heterocycles. The molecule has 2 atom stereocenters. The molecule has 0 spiro atoms. The molecular weight excluding hydrogens is 252 g/mol. The number of aromatic nitrogens is 2. The highest BCUT2D eigenvalue weighted by Gasteiger charge is 2.24. The minimum Gasteiger partial charge on any atom is -0.391 e. The number of nitrogens with zero attached hydrogens (tertiary/aromatic N) is 2. The maximum atomic E-state index is 10.1.